The first-order valence-corrected chi connectivity index (χ1v) is 6.33. The van der Waals surface area contributed by atoms with Gasteiger partial charge in [-0.1, -0.05) is 12.1 Å². The lowest BCUT2D eigenvalue weighted by atomic mass is 10.0. The molecular weight excluding hydrogens is 246 g/mol. The molecule has 2 atom stereocenters. The molecule has 2 rings (SSSR count). The molecule has 1 aliphatic heterocycles. The highest BCUT2D eigenvalue weighted by molar-refractivity contribution is 5.94. The van der Waals surface area contributed by atoms with Crippen LogP contribution < -0.4 is 5.32 Å². The Morgan fingerprint density at radius 1 is 1.47 bits per heavy atom. The van der Waals surface area contributed by atoms with Crippen LogP contribution in [-0.4, -0.2) is 29.7 Å². The minimum Gasteiger partial charge on any atom is -0.481 e. The average molecular weight is 263 g/mol. The van der Waals surface area contributed by atoms with Crippen molar-refractivity contribution in [1.29, 1.82) is 0 Å². The van der Waals surface area contributed by atoms with E-state index in [0.717, 1.165) is 12.8 Å². The van der Waals surface area contributed by atoms with Crippen LogP contribution in [0.1, 0.15) is 31.2 Å². The zero-order valence-electron chi connectivity index (χ0n) is 10.8. The molecule has 5 heteroatoms. The van der Waals surface area contributed by atoms with Crippen molar-refractivity contribution in [2.75, 3.05) is 11.9 Å². The molecule has 1 saturated heterocycles. The number of hydrogen-bond donors (Lipinski definition) is 2. The quantitative estimate of drug-likeness (QED) is 0.871. The lowest BCUT2D eigenvalue weighted by Crippen LogP contribution is -2.26. The summed E-state index contributed by atoms with van der Waals surface area (Å²) in [5.74, 6) is -1.65. The van der Waals surface area contributed by atoms with E-state index >= 15 is 0 Å². The van der Waals surface area contributed by atoms with Crippen LogP contribution in [0.25, 0.3) is 0 Å². The standard InChI is InChI=1S/C14H17NO4/c1-9(14(17)18)10-4-2-5-11(8-10)15-13(16)12-6-3-7-19-12/h2,4-5,8-9,12H,3,6-7H2,1H3,(H,15,16)(H,17,18)/t9-,12-/m1/s1. The van der Waals surface area contributed by atoms with Gasteiger partial charge in [0.2, 0.25) is 0 Å². The molecule has 0 bridgehead atoms. The van der Waals surface area contributed by atoms with Gasteiger partial charge in [-0.25, -0.2) is 0 Å². The van der Waals surface area contributed by atoms with E-state index in [4.69, 9.17) is 9.84 Å². The number of ether oxygens (including phenoxy) is 1. The third-order valence-electron chi connectivity index (χ3n) is 3.25. The molecule has 19 heavy (non-hydrogen) atoms. The van der Waals surface area contributed by atoms with Gasteiger partial charge in [0.05, 0.1) is 5.92 Å². The smallest absolute Gasteiger partial charge is 0.310 e. The maximum atomic E-state index is 11.9. The highest BCUT2D eigenvalue weighted by atomic mass is 16.5. The highest BCUT2D eigenvalue weighted by Crippen LogP contribution is 2.20. The SMILES string of the molecule is C[C@@H](C(=O)O)c1cccc(NC(=O)[C@H]2CCCO2)c1. The second kappa shape index (κ2) is 5.84. The van der Waals surface area contributed by atoms with Gasteiger partial charge in [0.1, 0.15) is 6.10 Å². The lowest BCUT2D eigenvalue weighted by molar-refractivity contribution is -0.138. The van der Waals surface area contributed by atoms with Crippen LogP contribution in [0.5, 0.6) is 0 Å². The van der Waals surface area contributed by atoms with Gasteiger partial charge < -0.3 is 15.2 Å². The molecule has 1 heterocycles. The Hall–Kier alpha value is -1.88. The fourth-order valence-electron chi connectivity index (χ4n) is 2.04. The number of hydrogen-bond acceptors (Lipinski definition) is 3. The summed E-state index contributed by atoms with van der Waals surface area (Å²) in [5, 5.41) is 11.7. The number of benzene rings is 1. The average Bonchev–Trinajstić information content (AvgIpc) is 2.92. The molecule has 1 aromatic rings. The van der Waals surface area contributed by atoms with Crippen LogP contribution in [0.3, 0.4) is 0 Å². The molecule has 1 aliphatic rings. The monoisotopic (exact) mass is 263 g/mol. The van der Waals surface area contributed by atoms with E-state index in [0.29, 0.717) is 17.9 Å². The number of carbonyl (C=O) groups excluding carboxylic acids is 1. The molecule has 2 N–H and O–H groups in total. The molecule has 0 saturated carbocycles. The maximum absolute atomic E-state index is 11.9. The summed E-state index contributed by atoms with van der Waals surface area (Å²) in [6.07, 6.45) is 1.24. The summed E-state index contributed by atoms with van der Waals surface area (Å²) in [4.78, 5) is 22.8. The predicted molar refractivity (Wildman–Crippen MR) is 70.1 cm³/mol. The van der Waals surface area contributed by atoms with Crippen molar-refractivity contribution in [3.8, 4) is 0 Å². The van der Waals surface area contributed by atoms with E-state index in [9.17, 15) is 9.59 Å². The molecule has 0 aromatic heterocycles. The summed E-state index contributed by atoms with van der Waals surface area (Å²) in [6, 6.07) is 6.90. The summed E-state index contributed by atoms with van der Waals surface area (Å²) in [6.45, 7) is 2.23. The van der Waals surface area contributed by atoms with Crippen molar-refractivity contribution in [1.82, 2.24) is 0 Å². The first-order chi connectivity index (χ1) is 9.08. The Kier molecular flexibility index (Phi) is 4.16. The van der Waals surface area contributed by atoms with Gasteiger partial charge in [-0.15, -0.1) is 0 Å². The van der Waals surface area contributed by atoms with Crippen molar-refractivity contribution in [3.63, 3.8) is 0 Å². The Bertz CT molecular complexity index is 480. The summed E-state index contributed by atoms with van der Waals surface area (Å²) < 4.78 is 5.30. The Morgan fingerprint density at radius 3 is 2.89 bits per heavy atom. The van der Waals surface area contributed by atoms with E-state index in [2.05, 4.69) is 5.32 Å². The second-order valence-electron chi connectivity index (χ2n) is 4.68. The zero-order valence-corrected chi connectivity index (χ0v) is 10.8. The van der Waals surface area contributed by atoms with Gasteiger partial charge in [-0.2, -0.15) is 0 Å². The van der Waals surface area contributed by atoms with Crippen molar-refractivity contribution >= 4 is 17.6 Å². The first kappa shape index (κ1) is 13.5. The molecular formula is C14H17NO4. The fraction of sp³-hybridized carbons (Fsp3) is 0.429. The van der Waals surface area contributed by atoms with Crippen molar-refractivity contribution < 1.29 is 19.4 Å². The molecule has 0 radical (unpaired) electrons. The Labute approximate surface area is 111 Å². The van der Waals surface area contributed by atoms with Crippen LogP contribution in [0.2, 0.25) is 0 Å². The fourth-order valence-corrected chi connectivity index (χ4v) is 2.04. The third-order valence-corrected chi connectivity index (χ3v) is 3.25. The van der Waals surface area contributed by atoms with Crippen molar-refractivity contribution in [2.24, 2.45) is 0 Å². The highest BCUT2D eigenvalue weighted by Gasteiger charge is 2.23. The number of carboxylic acids is 1. The van der Waals surface area contributed by atoms with Crippen molar-refractivity contribution in [3.05, 3.63) is 29.8 Å². The number of anilines is 1. The van der Waals surface area contributed by atoms with Crippen molar-refractivity contribution in [2.45, 2.75) is 31.8 Å². The second-order valence-corrected chi connectivity index (χ2v) is 4.68. The third kappa shape index (κ3) is 3.32. The molecule has 1 fully saturated rings. The molecule has 5 nitrogen and oxygen atoms in total. The maximum Gasteiger partial charge on any atom is 0.310 e. The minimum atomic E-state index is -0.886. The number of carboxylic acid groups (broad SMARTS) is 1. The first-order valence-electron chi connectivity index (χ1n) is 6.33. The zero-order chi connectivity index (χ0) is 13.8. The number of aliphatic carboxylic acids is 1. The number of rotatable bonds is 4. The van der Waals surface area contributed by atoms with Crippen LogP contribution in [0.15, 0.2) is 24.3 Å². The number of nitrogens with one attached hydrogen (secondary N) is 1. The van der Waals surface area contributed by atoms with Gasteiger partial charge in [0.25, 0.3) is 5.91 Å². The largest absolute Gasteiger partial charge is 0.481 e. The van der Waals surface area contributed by atoms with Gasteiger partial charge in [-0.3, -0.25) is 9.59 Å². The Balaban J connectivity index is 2.06. The van der Waals surface area contributed by atoms with Crippen LogP contribution in [-0.2, 0) is 14.3 Å². The van der Waals surface area contributed by atoms with Gasteiger partial charge >= 0.3 is 5.97 Å². The van der Waals surface area contributed by atoms with E-state index in [1.807, 2.05) is 0 Å². The van der Waals surface area contributed by atoms with Gasteiger partial charge in [-0.05, 0) is 37.5 Å². The lowest BCUT2D eigenvalue weighted by Gasteiger charge is -2.12. The van der Waals surface area contributed by atoms with Gasteiger partial charge in [0, 0.05) is 12.3 Å². The molecule has 0 aliphatic carbocycles. The minimum absolute atomic E-state index is 0.169. The summed E-state index contributed by atoms with van der Waals surface area (Å²) in [7, 11) is 0. The van der Waals surface area contributed by atoms with E-state index < -0.39 is 11.9 Å². The molecule has 102 valence electrons. The topological polar surface area (TPSA) is 75.6 Å². The predicted octanol–water partition coefficient (Wildman–Crippen LogP) is 1.99. The van der Waals surface area contributed by atoms with Crippen LogP contribution in [0.4, 0.5) is 5.69 Å². The van der Waals surface area contributed by atoms with E-state index in [1.165, 1.54) is 0 Å². The molecule has 0 spiro atoms. The summed E-state index contributed by atoms with van der Waals surface area (Å²) in [5.41, 5.74) is 1.27. The van der Waals surface area contributed by atoms with E-state index in [1.54, 1.807) is 31.2 Å². The summed E-state index contributed by atoms with van der Waals surface area (Å²) >= 11 is 0. The molecule has 1 aromatic carbocycles. The van der Waals surface area contributed by atoms with E-state index in [-0.39, 0.29) is 12.0 Å². The number of carbonyl (C=O) groups is 2. The molecule has 0 unspecified atom stereocenters. The van der Waals surface area contributed by atoms with Crippen LogP contribution in [0, 0.1) is 0 Å². The Morgan fingerprint density at radius 2 is 2.26 bits per heavy atom. The number of amides is 1. The van der Waals surface area contributed by atoms with Gasteiger partial charge in [0.15, 0.2) is 0 Å². The normalized spacial score (nSPS) is 19.9. The van der Waals surface area contributed by atoms with Crippen LogP contribution >= 0.6 is 0 Å². The molecule has 1 amide bonds.